The van der Waals surface area contributed by atoms with Crippen molar-refractivity contribution in [3.63, 3.8) is 0 Å². The van der Waals surface area contributed by atoms with E-state index in [0.717, 1.165) is 20.8 Å². The Morgan fingerprint density at radius 3 is 2.89 bits per heavy atom. The van der Waals surface area contributed by atoms with Gasteiger partial charge in [-0.25, -0.2) is 4.98 Å². The molecule has 0 radical (unpaired) electrons. The molecule has 5 heteroatoms. The lowest BCUT2D eigenvalue weighted by Gasteiger charge is -2.09. The molecular formula is C13H12BrClN2S. The topological polar surface area (TPSA) is 38.9 Å². The van der Waals surface area contributed by atoms with E-state index >= 15 is 0 Å². The van der Waals surface area contributed by atoms with Crippen molar-refractivity contribution < 1.29 is 0 Å². The van der Waals surface area contributed by atoms with E-state index in [0.29, 0.717) is 11.6 Å². The first kappa shape index (κ1) is 13.9. The highest BCUT2D eigenvalue weighted by Gasteiger charge is 2.08. The monoisotopic (exact) mass is 342 g/mol. The van der Waals surface area contributed by atoms with Crippen LogP contribution >= 0.6 is 39.3 Å². The molecule has 0 fully saturated rings. The Balaban J connectivity index is 2.33. The first-order valence-corrected chi connectivity index (χ1v) is 7.46. The Morgan fingerprint density at radius 2 is 2.17 bits per heavy atom. The van der Waals surface area contributed by atoms with Gasteiger partial charge in [0, 0.05) is 15.6 Å². The fraction of sp³-hybridized carbons (Fsp3) is 0.154. The zero-order valence-corrected chi connectivity index (χ0v) is 12.7. The van der Waals surface area contributed by atoms with Gasteiger partial charge in [-0.1, -0.05) is 45.4 Å². The van der Waals surface area contributed by atoms with Gasteiger partial charge in [0.1, 0.15) is 5.03 Å². The molecule has 1 aromatic carbocycles. The van der Waals surface area contributed by atoms with E-state index in [-0.39, 0.29) is 0 Å². The summed E-state index contributed by atoms with van der Waals surface area (Å²) in [5, 5.41) is 1.48. The second-order valence-electron chi connectivity index (χ2n) is 3.68. The summed E-state index contributed by atoms with van der Waals surface area (Å²) in [5.41, 5.74) is 6.84. The number of nitrogens with two attached hydrogens (primary N) is 1. The van der Waals surface area contributed by atoms with Gasteiger partial charge >= 0.3 is 0 Å². The second-order valence-corrected chi connectivity index (χ2v) is 6.04. The summed E-state index contributed by atoms with van der Waals surface area (Å²) >= 11 is 11.2. The quantitative estimate of drug-likeness (QED) is 0.906. The molecule has 0 unspecified atom stereocenters. The SMILES string of the molecule is NCCc1ccc(Br)cc1Sc1ncccc1Cl. The Kier molecular flexibility index (Phi) is 5.06. The largest absolute Gasteiger partial charge is 0.330 e. The fourth-order valence-electron chi connectivity index (χ4n) is 1.54. The molecule has 18 heavy (non-hydrogen) atoms. The summed E-state index contributed by atoms with van der Waals surface area (Å²) in [6.45, 7) is 0.630. The van der Waals surface area contributed by atoms with E-state index in [2.05, 4.69) is 33.0 Å². The maximum Gasteiger partial charge on any atom is 0.119 e. The number of hydrogen-bond donors (Lipinski definition) is 1. The minimum Gasteiger partial charge on any atom is -0.330 e. The molecule has 0 amide bonds. The van der Waals surface area contributed by atoms with Gasteiger partial charge in [-0.3, -0.25) is 0 Å². The average Bonchev–Trinajstić information content (AvgIpc) is 2.36. The summed E-state index contributed by atoms with van der Waals surface area (Å²) < 4.78 is 1.04. The number of pyridine rings is 1. The van der Waals surface area contributed by atoms with Crippen LogP contribution in [0.3, 0.4) is 0 Å². The van der Waals surface area contributed by atoms with Gasteiger partial charge in [0.15, 0.2) is 0 Å². The van der Waals surface area contributed by atoms with Crippen LogP contribution in [0.2, 0.25) is 5.02 Å². The summed E-state index contributed by atoms with van der Waals surface area (Å²) in [4.78, 5) is 5.42. The number of halogens is 2. The Bertz CT molecular complexity index is 548. The number of hydrogen-bond acceptors (Lipinski definition) is 3. The van der Waals surface area contributed by atoms with Gasteiger partial charge in [-0.15, -0.1) is 0 Å². The van der Waals surface area contributed by atoms with Crippen LogP contribution in [0.5, 0.6) is 0 Å². The van der Waals surface area contributed by atoms with Crippen LogP contribution in [-0.2, 0) is 6.42 Å². The van der Waals surface area contributed by atoms with E-state index in [1.54, 1.807) is 18.0 Å². The molecule has 0 saturated heterocycles. The third-order valence-corrected chi connectivity index (χ3v) is 4.40. The third-order valence-electron chi connectivity index (χ3n) is 2.37. The van der Waals surface area contributed by atoms with Crippen LogP contribution in [0.4, 0.5) is 0 Å². The van der Waals surface area contributed by atoms with Crippen molar-refractivity contribution in [2.45, 2.75) is 16.3 Å². The van der Waals surface area contributed by atoms with E-state index in [1.165, 1.54) is 5.56 Å². The standard InChI is InChI=1S/C13H12BrClN2S/c14-10-4-3-9(5-6-16)12(8-10)18-13-11(15)2-1-7-17-13/h1-4,7-8H,5-6,16H2. The average molecular weight is 344 g/mol. The van der Waals surface area contributed by atoms with Crippen molar-refractivity contribution >= 4 is 39.3 Å². The summed E-state index contributed by atoms with van der Waals surface area (Å²) in [6, 6.07) is 9.84. The van der Waals surface area contributed by atoms with Gasteiger partial charge in [-0.2, -0.15) is 0 Å². The van der Waals surface area contributed by atoms with E-state index in [4.69, 9.17) is 17.3 Å². The van der Waals surface area contributed by atoms with Gasteiger partial charge in [0.2, 0.25) is 0 Å². The van der Waals surface area contributed by atoms with Crippen molar-refractivity contribution in [3.05, 3.63) is 51.6 Å². The van der Waals surface area contributed by atoms with Gasteiger partial charge < -0.3 is 5.73 Å². The highest BCUT2D eigenvalue weighted by atomic mass is 79.9. The third kappa shape index (κ3) is 3.48. The van der Waals surface area contributed by atoms with Crippen LogP contribution < -0.4 is 5.73 Å². The van der Waals surface area contributed by atoms with Crippen molar-refractivity contribution in [2.75, 3.05) is 6.54 Å². The first-order valence-electron chi connectivity index (χ1n) is 5.47. The van der Waals surface area contributed by atoms with Crippen molar-refractivity contribution in [3.8, 4) is 0 Å². The minimum atomic E-state index is 0.630. The molecule has 0 aliphatic heterocycles. The van der Waals surface area contributed by atoms with E-state index in [9.17, 15) is 0 Å². The van der Waals surface area contributed by atoms with Crippen LogP contribution in [-0.4, -0.2) is 11.5 Å². The highest BCUT2D eigenvalue weighted by Crippen LogP contribution is 2.35. The predicted molar refractivity (Wildman–Crippen MR) is 80.3 cm³/mol. The molecule has 1 heterocycles. The highest BCUT2D eigenvalue weighted by molar-refractivity contribution is 9.10. The fourth-order valence-corrected chi connectivity index (χ4v) is 3.26. The Morgan fingerprint density at radius 1 is 1.33 bits per heavy atom. The molecule has 0 bridgehead atoms. The molecule has 1 aromatic heterocycles. The van der Waals surface area contributed by atoms with Crippen LogP contribution in [0.15, 0.2) is 50.9 Å². The molecule has 2 rings (SSSR count). The predicted octanol–water partition coefficient (Wildman–Crippen LogP) is 4.15. The van der Waals surface area contributed by atoms with Crippen LogP contribution in [0.25, 0.3) is 0 Å². The number of nitrogens with zero attached hydrogens (tertiary/aromatic N) is 1. The second kappa shape index (κ2) is 6.57. The van der Waals surface area contributed by atoms with Crippen molar-refractivity contribution in [1.82, 2.24) is 4.98 Å². The van der Waals surface area contributed by atoms with Crippen molar-refractivity contribution in [1.29, 1.82) is 0 Å². The molecule has 0 saturated carbocycles. The lowest BCUT2D eigenvalue weighted by Crippen LogP contribution is -2.03. The van der Waals surface area contributed by atoms with Gasteiger partial charge in [0.25, 0.3) is 0 Å². The van der Waals surface area contributed by atoms with Crippen LogP contribution in [0, 0.1) is 0 Å². The van der Waals surface area contributed by atoms with Gasteiger partial charge in [0.05, 0.1) is 5.02 Å². The summed E-state index contributed by atoms with van der Waals surface area (Å²) in [6.07, 6.45) is 2.59. The molecule has 2 N–H and O–H groups in total. The Hall–Kier alpha value is -0.550. The minimum absolute atomic E-state index is 0.630. The smallest absolute Gasteiger partial charge is 0.119 e. The van der Waals surface area contributed by atoms with E-state index in [1.807, 2.05) is 18.2 Å². The maximum absolute atomic E-state index is 6.12. The normalized spacial score (nSPS) is 10.6. The Labute approximate surface area is 124 Å². The molecule has 0 aliphatic carbocycles. The number of benzene rings is 1. The molecule has 0 aliphatic rings. The van der Waals surface area contributed by atoms with E-state index < -0.39 is 0 Å². The number of rotatable bonds is 4. The maximum atomic E-state index is 6.12. The molecule has 2 nitrogen and oxygen atoms in total. The van der Waals surface area contributed by atoms with Crippen LogP contribution in [0.1, 0.15) is 5.56 Å². The molecule has 0 atom stereocenters. The molecule has 2 aromatic rings. The lowest BCUT2D eigenvalue weighted by atomic mass is 10.1. The van der Waals surface area contributed by atoms with Gasteiger partial charge in [-0.05, 0) is 42.8 Å². The number of aromatic nitrogens is 1. The lowest BCUT2D eigenvalue weighted by molar-refractivity contribution is 0.942. The molecule has 94 valence electrons. The molecular weight excluding hydrogens is 332 g/mol. The zero-order chi connectivity index (χ0) is 13.0. The molecule has 0 spiro atoms. The first-order chi connectivity index (χ1) is 8.70. The zero-order valence-electron chi connectivity index (χ0n) is 9.57. The summed E-state index contributed by atoms with van der Waals surface area (Å²) in [5.74, 6) is 0. The van der Waals surface area contributed by atoms with Crippen molar-refractivity contribution in [2.24, 2.45) is 5.73 Å². The summed E-state index contributed by atoms with van der Waals surface area (Å²) in [7, 11) is 0.